The van der Waals surface area contributed by atoms with Crippen LogP contribution in [0.3, 0.4) is 0 Å². The normalized spacial score (nSPS) is 15.1. The second-order valence-corrected chi connectivity index (χ2v) is 7.40. The molecule has 0 unspecified atom stereocenters. The summed E-state index contributed by atoms with van der Waals surface area (Å²) in [6.45, 7) is 3.97. The molecule has 0 aromatic heterocycles. The Bertz CT molecular complexity index is 803. The molecule has 2 aromatic rings. The fourth-order valence-electron chi connectivity index (χ4n) is 3.57. The van der Waals surface area contributed by atoms with Crippen molar-refractivity contribution < 1.29 is 9.47 Å². The average molecular weight is 524 g/mol. The molecule has 1 aliphatic heterocycles. The molecule has 7 heteroatoms. The molecule has 0 atom stereocenters. The van der Waals surface area contributed by atoms with Gasteiger partial charge in [-0.05, 0) is 49.2 Å². The first-order valence-corrected chi connectivity index (χ1v) is 10.3. The lowest BCUT2D eigenvalue weighted by Crippen LogP contribution is -2.24. The Hall–Kier alpha value is -2.00. The Morgan fingerprint density at radius 2 is 1.63 bits per heavy atom. The van der Waals surface area contributed by atoms with Crippen LogP contribution in [0.4, 0.5) is 5.69 Å². The van der Waals surface area contributed by atoms with Gasteiger partial charge in [0.05, 0.1) is 26.5 Å². The third kappa shape index (κ3) is 7.36. The highest BCUT2D eigenvalue weighted by molar-refractivity contribution is 14.0. The van der Waals surface area contributed by atoms with Gasteiger partial charge in [0, 0.05) is 12.6 Å². The predicted octanol–water partition coefficient (Wildman–Crippen LogP) is 4.62. The largest absolute Gasteiger partial charge is 0.497 e. The van der Waals surface area contributed by atoms with Crippen molar-refractivity contribution in [3.8, 4) is 11.5 Å². The van der Waals surface area contributed by atoms with Crippen LogP contribution in [0.15, 0.2) is 47.5 Å². The first-order valence-electron chi connectivity index (χ1n) is 10.3. The Balaban J connectivity index is 0.00000320. The van der Waals surface area contributed by atoms with Crippen molar-refractivity contribution in [3.05, 3.63) is 53.6 Å². The van der Waals surface area contributed by atoms with Gasteiger partial charge in [-0.25, -0.2) is 4.99 Å². The van der Waals surface area contributed by atoms with E-state index in [0.717, 1.165) is 23.5 Å². The van der Waals surface area contributed by atoms with Gasteiger partial charge in [-0.15, -0.1) is 24.0 Å². The number of nitrogens with zero attached hydrogens (tertiary/aromatic N) is 2. The van der Waals surface area contributed by atoms with Crippen LogP contribution in [0.2, 0.25) is 0 Å². The zero-order chi connectivity index (χ0) is 20.5. The predicted molar refractivity (Wildman–Crippen MR) is 134 cm³/mol. The number of likely N-dealkylation sites (tertiary alicyclic amines) is 1. The molecule has 3 rings (SSSR count). The van der Waals surface area contributed by atoms with Gasteiger partial charge in [-0.3, -0.25) is 4.90 Å². The van der Waals surface area contributed by atoms with Crippen molar-refractivity contribution in [1.82, 2.24) is 4.90 Å². The van der Waals surface area contributed by atoms with E-state index in [1.54, 1.807) is 14.2 Å². The van der Waals surface area contributed by atoms with E-state index in [1.165, 1.54) is 44.3 Å². The van der Waals surface area contributed by atoms with E-state index in [2.05, 4.69) is 39.5 Å². The van der Waals surface area contributed by atoms with Gasteiger partial charge in [-0.1, -0.05) is 37.1 Å². The second kappa shape index (κ2) is 12.6. The zero-order valence-corrected chi connectivity index (χ0v) is 20.2. The summed E-state index contributed by atoms with van der Waals surface area (Å²) >= 11 is 0. The highest BCUT2D eigenvalue weighted by Crippen LogP contribution is 2.28. The third-order valence-corrected chi connectivity index (χ3v) is 5.23. The second-order valence-electron chi connectivity index (χ2n) is 7.40. The molecule has 6 nitrogen and oxygen atoms in total. The maximum atomic E-state index is 6.07. The number of rotatable bonds is 7. The van der Waals surface area contributed by atoms with E-state index < -0.39 is 0 Å². The summed E-state index contributed by atoms with van der Waals surface area (Å²) in [7, 11) is 3.24. The molecule has 2 aromatic carbocycles. The number of aliphatic imine (C=N–C) groups is 1. The molecular weight excluding hydrogens is 491 g/mol. The minimum Gasteiger partial charge on any atom is -0.497 e. The van der Waals surface area contributed by atoms with Gasteiger partial charge in [0.15, 0.2) is 5.96 Å². The lowest BCUT2D eigenvalue weighted by Gasteiger charge is -2.19. The third-order valence-electron chi connectivity index (χ3n) is 5.23. The molecule has 1 fully saturated rings. The highest BCUT2D eigenvalue weighted by Gasteiger charge is 2.09. The molecule has 3 N–H and O–H groups in total. The van der Waals surface area contributed by atoms with Crippen molar-refractivity contribution in [2.75, 3.05) is 32.6 Å². The molecule has 164 valence electrons. The monoisotopic (exact) mass is 524 g/mol. The van der Waals surface area contributed by atoms with Crippen LogP contribution in [-0.4, -0.2) is 38.2 Å². The molecule has 0 spiro atoms. The topological polar surface area (TPSA) is 72.1 Å². The van der Waals surface area contributed by atoms with Crippen LogP contribution in [0.25, 0.3) is 0 Å². The Labute approximate surface area is 196 Å². The molecule has 0 bridgehead atoms. The lowest BCUT2D eigenvalue weighted by molar-refractivity contribution is 0.277. The van der Waals surface area contributed by atoms with Crippen LogP contribution in [-0.2, 0) is 13.1 Å². The highest BCUT2D eigenvalue weighted by atomic mass is 127. The molecule has 1 saturated heterocycles. The summed E-state index contributed by atoms with van der Waals surface area (Å²) in [4.78, 5) is 7.01. The van der Waals surface area contributed by atoms with Gasteiger partial charge in [-0.2, -0.15) is 0 Å². The molecule has 0 amide bonds. The van der Waals surface area contributed by atoms with Crippen molar-refractivity contribution >= 4 is 35.6 Å². The maximum absolute atomic E-state index is 6.07. The maximum Gasteiger partial charge on any atom is 0.193 e. The van der Waals surface area contributed by atoms with Gasteiger partial charge < -0.3 is 20.5 Å². The summed E-state index contributed by atoms with van der Waals surface area (Å²) < 4.78 is 10.6. The molecule has 1 aliphatic rings. The van der Waals surface area contributed by atoms with E-state index in [-0.39, 0.29) is 24.0 Å². The van der Waals surface area contributed by atoms with Gasteiger partial charge >= 0.3 is 0 Å². The van der Waals surface area contributed by atoms with Gasteiger partial charge in [0.2, 0.25) is 0 Å². The summed E-state index contributed by atoms with van der Waals surface area (Å²) in [5.41, 5.74) is 9.28. The molecule has 0 radical (unpaired) electrons. The fourth-order valence-corrected chi connectivity index (χ4v) is 3.57. The first-order chi connectivity index (χ1) is 14.2. The molecular formula is C23H33IN4O2. The van der Waals surface area contributed by atoms with Crippen LogP contribution in [0.5, 0.6) is 11.5 Å². The Morgan fingerprint density at radius 1 is 0.967 bits per heavy atom. The number of guanidine groups is 1. The summed E-state index contributed by atoms with van der Waals surface area (Å²) in [5.74, 6) is 1.74. The smallest absolute Gasteiger partial charge is 0.193 e. The average Bonchev–Trinajstić information content (AvgIpc) is 3.02. The van der Waals surface area contributed by atoms with Crippen molar-refractivity contribution in [3.63, 3.8) is 0 Å². The van der Waals surface area contributed by atoms with Crippen molar-refractivity contribution in [2.45, 2.75) is 38.8 Å². The quantitative estimate of drug-likeness (QED) is 0.314. The van der Waals surface area contributed by atoms with Crippen molar-refractivity contribution in [2.24, 2.45) is 10.7 Å². The number of anilines is 1. The van der Waals surface area contributed by atoms with E-state index in [0.29, 0.717) is 18.3 Å². The summed E-state index contributed by atoms with van der Waals surface area (Å²) in [6, 6.07) is 14.2. The van der Waals surface area contributed by atoms with Gasteiger partial charge in [0.25, 0.3) is 0 Å². The van der Waals surface area contributed by atoms with E-state index in [9.17, 15) is 0 Å². The Kier molecular flexibility index (Phi) is 10.2. The van der Waals surface area contributed by atoms with Crippen LogP contribution >= 0.6 is 24.0 Å². The van der Waals surface area contributed by atoms with Gasteiger partial charge in [0.1, 0.15) is 11.5 Å². The number of methoxy groups -OCH3 is 2. The summed E-state index contributed by atoms with van der Waals surface area (Å²) in [6.07, 6.45) is 5.36. The number of ether oxygens (including phenoxy) is 2. The number of nitrogens with two attached hydrogens (primary N) is 1. The van der Waals surface area contributed by atoms with E-state index in [1.807, 2.05) is 18.2 Å². The molecule has 30 heavy (non-hydrogen) atoms. The summed E-state index contributed by atoms with van der Waals surface area (Å²) in [5, 5.41) is 3.09. The number of benzene rings is 2. The first kappa shape index (κ1) is 24.3. The van der Waals surface area contributed by atoms with Crippen LogP contribution < -0.4 is 20.5 Å². The fraction of sp³-hybridized carbons (Fsp3) is 0.435. The van der Waals surface area contributed by atoms with Crippen LogP contribution in [0, 0.1) is 0 Å². The van der Waals surface area contributed by atoms with Crippen molar-refractivity contribution in [1.29, 1.82) is 0 Å². The number of hydrogen-bond acceptors (Lipinski definition) is 4. The number of hydrogen-bond donors (Lipinski definition) is 2. The molecule has 0 aliphatic carbocycles. The standard InChI is InChI=1S/C23H32N4O2.HI/c1-28-20-11-12-22(29-2)21(15-20)26-23(24)25-16-18-7-9-19(10-8-18)17-27-13-5-3-4-6-14-27;/h7-12,15H,3-6,13-14,16-17H2,1-2H3,(H3,24,25,26);1H. The SMILES string of the molecule is COc1ccc(OC)c(NC(N)=NCc2ccc(CN3CCCCCC3)cc2)c1.I. The lowest BCUT2D eigenvalue weighted by atomic mass is 10.1. The number of halogens is 1. The minimum atomic E-state index is 0. The van der Waals surface area contributed by atoms with E-state index in [4.69, 9.17) is 15.2 Å². The van der Waals surface area contributed by atoms with E-state index >= 15 is 0 Å². The Morgan fingerprint density at radius 3 is 2.27 bits per heavy atom. The molecule has 1 heterocycles. The zero-order valence-electron chi connectivity index (χ0n) is 17.9. The minimum absolute atomic E-state index is 0. The molecule has 0 saturated carbocycles. The number of nitrogens with one attached hydrogen (secondary N) is 1. The van der Waals surface area contributed by atoms with Crippen LogP contribution in [0.1, 0.15) is 36.8 Å².